The molecule has 0 unspecified atom stereocenters. The van der Waals surface area contributed by atoms with E-state index in [9.17, 15) is 14.8 Å². The third-order valence-corrected chi connectivity index (χ3v) is 8.16. The van der Waals surface area contributed by atoms with E-state index in [1.165, 1.54) is 0 Å². The SMILES string of the molecule is CCn1c2ccc(C(=O)/C(CCSc3ccc(Cl)cc3)=N\O)cc2c2cc(C(=O)c3ccccc3C)ccc21. The first-order chi connectivity index (χ1) is 18.9. The van der Waals surface area contributed by atoms with Gasteiger partial charge in [0.15, 0.2) is 5.78 Å². The van der Waals surface area contributed by atoms with E-state index in [4.69, 9.17) is 11.6 Å². The van der Waals surface area contributed by atoms with Gasteiger partial charge in [-0.25, -0.2) is 0 Å². The molecule has 0 aliphatic carbocycles. The van der Waals surface area contributed by atoms with Crippen LogP contribution in [0, 0.1) is 6.92 Å². The van der Waals surface area contributed by atoms with E-state index >= 15 is 0 Å². The van der Waals surface area contributed by atoms with Crippen molar-refractivity contribution in [2.75, 3.05) is 5.75 Å². The number of halogens is 1. The summed E-state index contributed by atoms with van der Waals surface area (Å²) in [5, 5.41) is 15.4. The zero-order valence-electron chi connectivity index (χ0n) is 21.6. The molecule has 0 aliphatic rings. The molecule has 4 aromatic carbocycles. The van der Waals surface area contributed by atoms with E-state index in [0.29, 0.717) is 33.9 Å². The Morgan fingerprint density at radius 3 is 2.18 bits per heavy atom. The van der Waals surface area contributed by atoms with Crippen molar-refractivity contribution in [3.8, 4) is 0 Å². The average Bonchev–Trinajstić information content (AvgIpc) is 3.28. The molecule has 0 saturated carbocycles. The van der Waals surface area contributed by atoms with Gasteiger partial charge in [-0.1, -0.05) is 41.0 Å². The number of aromatic nitrogens is 1. The highest BCUT2D eigenvalue weighted by molar-refractivity contribution is 7.99. The minimum Gasteiger partial charge on any atom is -0.411 e. The normalized spacial score (nSPS) is 11.8. The number of fused-ring (bicyclic) bond motifs is 3. The predicted molar refractivity (Wildman–Crippen MR) is 160 cm³/mol. The van der Waals surface area contributed by atoms with Gasteiger partial charge in [0.2, 0.25) is 5.78 Å². The second-order valence-corrected chi connectivity index (χ2v) is 10.9. The minimum atomic E-state index is -0.319. The van der Waals surface area contributed by atoms with Crippen LogP contribution in [-0.2, 0) is 6.54 Å². The van der Waals surface area contributed by atoms with Crippen molar-refractivity contribution in [1.82, 2.24) is 4.57 Å². The van der Waals surface area contributed by atoms with Crippen molar-refractivity contribution in [2.24, 2.45) is 5.16 Å². The molecule has 0 spiro atoms. The monoisotopic (exact) mass is 554 g/mol. The van der Waals surface area contributed by atoms with Crippen LogP contribution in [0.3, 0.4) is 0 Å². The summed E-state index contributed by atoms with van der Waals surface area (Å²) in [5.41, 5.74) is 4.71. The zero-order valence-corrected chi connectivity index (χ0v) is 23.2. The van der Waals surface area contributed by atoms with E-state index in [1.807, 2.05) is 85.8 Å². The first kappa shape index (κ1) is 26.7. The maximum atomic E-state index is 13.3. The van der Waals surface area contributed by atoms with Gasteiger partial charge in [0, 0.05) is 67.1 Å². The molecule has 7 heteroatoms. The van der Waals surface area contributed by atoms with Crippen LogP contribution < -0.4 is 0 Å². The van der Waals surface area contributed by atoms with Gasteiger partial charge in [-0.05, 0) is 80.1 Å². The van der Waals surface area contributed by atoms with E-state index in [1.54, 1.807) is 17.8 Å². The molecule has 39 heavy (non-hydrogen) atoms. The number of carbonyl (C=O) groups excluding carboxylic acids is 2. The Morgan fingerprint density at radius 1 is 0.897 bits per heavy atom. The van der Waals surface area contributed by atoms with E-state index < -0.39 is 0 Å². The Balaban J connectivity index is 1.46. The molecular weight excluding hydrogens is 528 g/mol. The van der Waals surface area contributed by atoms with Crippen LogP contribution in [0.2, 0.25) is 5.02 Å². The van der Waals surface area contributed by atoms with Gasteiger partial charge in [0.1, 0.15) is 5.71 Å². The number of hydrogen-bond acceptors (Lipinski definition) is 5. The van der Waals surface area contributed by atoms with Gasteiger partial charge in [-0.15, -0.1) is 11.8 Å². The third-order valence-electron chi connectivity index (χ3n) is 6.90. The maximum absolute atomic E-state index is 13.3. The van der Waals surface area contributed by atoms with E-state index in [0.717, 1.165) is 38.8 Å². The molecule has 5 aromatic rings. The molecule has 0 aliphatic heterocycles. The van der Waals surface area contributed by atoms with Crippen molar-refractivity contribution < 1.29 is 14.8 Å². The highest BCUT2D eigenvalue weighted by Crippen LogP contribution is 2.32. The summed E-state index contributed by atoms with van der Waals surface area (Å²) in [4.78, 5) is 27.7. The number of benzene rings is 4. The lowest BCUT2D eigenvalue weighted by Crippen LogP contribution is -2.15. The number of aryl methyl sites for hydroxylation is 2. The summed E-state index contributed by atoms with van der Waals surface area (Å²) in [5.74, 6) is 0.224. The van der Waals surface area contributed by atoms with Gasteiger partial charge < -0.3 is 9.77 Å². The largest absolute Gasteiger partial charge is 0.411 e. The first-order valence-electron chi connectivity index (χ1n) is 12.7. The Morgan fingerprint density at radius 2 is 1.54 bits per heavy atom. The Bertz CT molecular complexity index is 1740. The van der Waals surface area contributed by atoms with Gasteiger partial charge in [-0.2, -0.15) is 0 Å². The van der Waals surface area contributed by atoms with Gasteiger partial charge in [0.25, 0.3) is 0 Å². The fourth-order valence-corrected chi connectivity index (χ4v) is 5.87. The van der Waals surface area contributed by atoms with Crippen molar-refractivity contribution in [2.45, 2.75) is 31.7 Å². The number of ketones is 2. The van der Waals surface area contributed by atoms with Crippen LogP contribution in [0.4, 0.5) is 0 Å². The molecular formula is C32H27ClN2O3S. The molecule has 0 atom stereocenters. The topological polar surface area (TPSA) is 71.7 Å². The van der Waals surface area contributed by atoms with Gasteiger partial charge in [-0.3, -0.25) is 9.59 Å². The fraction of sp³-hybridized carbons (Fsp3) is 0.156. The summed E-state index contributed by atoms with van der Waals surface area (Å²) >= 11 is 7.51. The van der Waals surface area contributed by atoms with E-state index in [-0.39, 0.29) is 17.3 Å². The van der Waals surface area contributed by atoms with Crippen molar-refractivity contribution >= 4 is 62.4 Å². The molecule has 1 aromatic heterocycles. The smallest absolute Gasteiger partial charge is 0.210 e. The lowest BCUT2D eigenvalue weighted by Gasteiger charge is -2.06. The Kier molecular flexibility index (Phi) is 7.87. The molecule has 5 rings (SSSR count). The summed E-state index contributed by atoms with van der Waals surface area (Å²) in [6, 6.07) is 26.3. The highest BCUT2D eigenvalue weighted by Gasteiger charge is 2.19. The summed E-state index contributed by atoms with van der Waals surface area (Å²) < 4.78 is 2.17. The lowest BCUT2D eigenvalue weighted by atomic mass is 9.97. The van der Waals surface area contributed by atoms with Gasteiger partial charge >= 0.3 is 0 Å². The second-order valence-electron chi connectivity index (χ2n) is 9.28. The number of oxime groups is 1. The van der Waals surface area contributed by atoms with Crippen molar-refractivity contribution in [3.05, 3.63) is 112 Å². The van der Waals surface area contributed by atoms with E-state index in [2.05, 4.69) is 16.6 Å². The summed E-state index contributed by atoms with van der Waals surface area (Å²) in [6.45, 7) is 4.74. The molecule has 0 fully saturated rings. The first-order valence-corrected chi connectivity index (χ1v) is 14.1. The average molecular weight is 555 g/mol. The molecule has 5 nitrogen and oxygen atoms in total. The molecule has 0 amide bonds. The standard InChI is InChI=1S/C32H27ClN2O3S/c1-3-35-29-14-8-21(31(36)25-7-5-4-6-20(25)2)18-26(29)27-19-22(9-15-30(27)35)32(37)28(34-38)16-17-39-24-12-10-23(33)11-13-24/h4-15,18-19,38H,3,16-17H2,1-2H3/b34-28-. The second kappa shape index (κ2) is 11.5. The van der Waals surface area contributed by atoms with Gasteiger partial charge in [0.05, 0.1) is 0 Å². The lowest BCUT2D eigenvalue weighted by molar-refractivity contribution is 0.103. The molecule has 196 valence electrons. The summed E-state index contributed by atoms with van der Waals surface area (Å²) in [6.07, 6.45) is 0.312. The number of thioether (sulfide) groups is 1. The Hall–Kier alpha value is -3.87. The van der Waals surface area contributed by atoms with Crippen LogP contribution in [0.15, 0.2) is 95.0 Å². The molecule has 1 N–H and O–H groups in total. The number of hydrogen-bond donors (Lipinski definition) is 1. The maximum Gasteiger partial charge on any atom is 0.210 e. The molecule has 0 saturated heterocycles. The van der Waals surface area contributed by atoms with Crippen molar-refractivity contribution in [3.63, 3.8) is 0 Å². The van der Waals surface area contributed by atoms with Crippen LogP contribution >= 0.6 is 23.4 Å². The van der Waals surface area contributed by atoms with Crippen LogP contribution in [-0.4, -0.2) is 32.8 Å². The van der Waals surface area contributed by atoms with Crippen LogP contribution in [0.5, 0.6) is 0 Å². The van der Waals surface area contributed by atoms with Crippen LogP contribution in [0.1, 0.15) is 45.2 Å². The number of carbonyl (C=O) groups is 2. The minimum absolute atomic E-state index is 0.0347. The summed E-state index contributed by atoms with van der Waals surface area (Å²) in [7, 11) is 0. The van der Waals surface area contributed by atoms with Crippen LogP contribution in [0.25, 0.3) is 21.8 Å². The predicted octanol–water partition coefficient (Wildman–Crippen LogP) is 8.20. The molecule has 0 radical (unpaired) electrons. The number of Topliss-reactive ketones (excluding diaryl/α,β-unsaturated/α-hetero) is 1. The Labute approximate surface area is 236 Å². The third kappa shape index (κ3) is 5.35. The quantitative estimate of drug-likeness (QED) is 0.0655. The molecule has 0 bridgehead atoms. The fourth-order valence-electron chi connectivity index (χ4n) is 4.88. The number of nitrogens with zero attached hydrogens (tertiary/aromatic N) is 2. The molecule has 1 heterocycles. The van der Waals surface area contributed by atoms with Crippen molar-refractivity contribution in [1.29, 1.82) is 0 Å². The zero-order chi connectivity index (χ0) is 27.5. The highest BCUT2D eigenvalue weighted by atomic mass is 35.5. The number of rotatable bonds is 9.